The lowest BCUT2D eigenvalue weighted by atomic mass is 10.2. The second-order valence-electron chi connectivity index (χ2n) is 4.64. The Hall–Kier alpha value is -2.67. The van der Waals surface area contributed by atoms with Crippen LogP contribution in [-0.2, 0) is 9.84 Å². The van der Waals surface area contributed by atoms with Crippen LogP contribution in [0.2, 0.25) is 0 Å². The number of anilines is 1. The van der Waals surface area contributed by atoms with E-state index in [9.17, 15) is 18.0 Å². The summed E-state index contributed by atoms with van der Waals surface area (Å²) in [6, 6.07) is 11.3. The number of carbonyl (C=O) groups excluding carboxylic acids is 1. The molecule has 2 N–H and O–H groups in total. The average Bonchev–Trinajstić information content (AvgIpc) is 2.47. The van der Waals surface area contributed by atoms with Gasteiger partial charge >= 0.3 is 5.97 Å². The number of sulfone groups is 1. The number of hydrogen-bond acceptors (Lipinski definition) is 4. The Morgan fingerprint density at radius 2 is 1.64 bits per heavy atom. The van der Waals surface area contributed by atoms with Gasteiger partial charge in [-0.15, -0.1) is 0 Å². The number of carboxylic acid groups (broad SMARTS) is 1. The quantitative estimate of drug-likeness (QED) is 0.898. The summed E-state index contributed by atoms with van der Waals surface area (Å²) in [6.07, 6.45) is 1.06. The van der Waals surface area contributed by atoms with Gasteiger partial charge in [0.1, 0.15) is 0 Å². The van der Waals surface area contributed by atoms with E-state index >= 15 is 0 Å². The molecule has 0 aliphatic carbocycles. The predicted molar refractivity (Wildman–Crippen MR) is 80.9 cm³/mol. The van der Waals surface area contributed by atoms with Crippen molar-refractivity contribution in [2.75, 3.05) is 11.6 Å². The minimum Gasteiger partial charge on any atom is -0.478 e. The van der Waals surface area contributed by atoms with Gasteiger partial charge in [-0.1, -0.05) is 6.07 Å². The van der Waals surface area contributed by atoms with Crippen molar-refractivity contribution in [3.05, 3.63) is 59.7 Å². The zero-order valence-corrected chi connectivity index (χ0v) is 12.4. The van der Waals surface area contributed by atoms with E-state index in [0.29, 0.717) is 5.69 Å². The number of hydrogen-bond donors (Lipinski definition) is 2. The highest BCUT2D eigenvalue weighted by atomic mass is 32.2. The molecule has 0 aromatic heterocycles. The highest BCUT2D eigenvalue weighted by molar-refractivity contribution is 7.90. The Bertz CT molecular complexity index is 825. The van der Waals surface area contributed by atoms with Crippen molar-refractivity contribution in [1.82, 2.24) is 0 Å². The number of aromatic carboxylic acids is 1. The Kier molecular flexibility index (Phi) is 4.27. The van der Waals surface area contributed by atoms with Crippen molar-refractivity contribution in [2.45, 2.75) is 4.90 Å². The van der Waals surface area contributed by atoms with Gasteiger partial charge < -0.3 is 10.4 Å². The van der Waals surface area contributed by atoms with Crippen molar-refractivity contribution in [1.29, 1.82) is 0 Å². The highest BCUT2D eigenvalue weighted by Gasteiger charge is 2.12. The van der Waals surface area contributed by atoms with Gasteiger partial charge in [0.2, 0.25) is 0 Å². The van der Waals surface area contributed by atoms with Crippen LogP contribution in [-0.4, -0.2) is 31.7 Å². The van der Waals surface area contributed by atoms with E-state index in [1.165, 1.54) is 48.5 Å². The van der Waals surface area contributed by atoms with Gasteiger partial charge in [0.05, 0.1) is 10.5 Å². The molecule has 7 heteroatoms. The van der Waals surface area contributed by atoms with Crippen LogP contribution in [0.25, 0.3) is 0 Å². The van der Waals surface area contributed by atoms with Crippen molar-refractivity contribution in [3.63, 3.8) is 0 Å². The molecule has 0 unspecified atom stereocenters. The lowest BCUT2D eigenvalue weighted by Gasteiger charge is -2.07. The smallest absolute Gasteiger partial charge is 0.335 e. The third-order valence-corrected chi connectivity index (χ3v) is 4.02. The molecule has 2 rings (SSSR count). The highest BCUT2D eigenvalue weighted by Crippen LogP contribution is 2.14. The molecule has 0 heterocycles. The van der Waals surface area contributed by atoms with E-state index < -0.39 is 21.7 Å². The monoisotopic (exact) mass is 319 g/mol. The Balaban J connectivity index is 2.20. The molecule has 0 aliphatic heterocycles. The van der Waals surface area contributed by atoms with E-state index in [2.05, 4.69) is 5.32 Å². The van der Waals surface area contributed by atoms with E-state index in [1.54, 1.807) is 0 Å². The standard InChI is InChI=1S/C15H13NO5S/c1-22(20,21)13-4-2-3-11(9-13)14(17)16-12-7-5-10(6-8-12)15(18)19/h2-9H,1H3,(H,16,17)(H,18,19). The summed E-state index contributed by atoms with van der Waals surface area (Å²) < 4.78 is 23.0. The largest absolute Gasteiger partial charge is 0.478 e. The van der Waals surface area contributed by atoms with Crippen LogP contribution >= 0.6 is 0 Å². The fraction of sp³-hybridized carbons (Fsp3) is 0.0667. The molecule has 2 aromatic rings. The minimum absolute atomic E-state index is 0.0568. The van der Waals surface area contributed by atoms with Crippen LogP contribution < -0.4 is 5.32 Å². The second-order valence-corrected chi connectivity index (χ2v) is 6.65. The maximum absolute atomic E-state index is 12.1. The first-order valence-electron chi connectivity index (χ1n) is 6.22. The van der Waals surface area contributed by atoms with Crippen LogP contribution in [0.1, 0.15) is 20.7 Å². The number of nitrogens with one attached hydrogen (secondary N) is 1. The molecular weight excluding hydrogens is 306 g/mol. The fourth-order valence-corrected chi connectivity index (χ4v) is 2.43. The molecule has 114 valence electrons. The van der Waals surface area contributed by atoms with Crippen LogP contribution in [0.5, 0.6) is 0 Å². The zero-order valence-electron chi connectivity index (χ0n) is 11.6. The maximum atomic E-state index is 12.1. The van der Waals surface area contributed by atoms with Gasteiger partial charge in [0, 0.05) is 17.5 Å². The van der Waals surface area contributed by atoms with Crippen molar-refractivity contribution in [2.24, 2.45) is 0 Å². The van der Waals surface area contributed by atoms with Crippen LogP contribution in [0.3, 0.4) is 0 Å². The Labute approximate surface area is 127 Å². The van der Waals surface area contributed by atoms with E-state index in [4.69, 9.17) is 5.11 Å². The number of amides is 1. The summed E-state index contributed by atoms with van der Waals surface area (Å²) in [5.74, 6) is -1.53. The first kappa shape index (κ1) is 15.7. The Morgan fingerprint density at radius 1 is 1.00 bits per heavy atom. The van der Waals surface area contributed by atoms with Gasteiger partial charge in [-0.3, -0.25) is 4.79 Å². The lowest BCUT2D eigenvalue weighted by Crippen LogP contribution is -2.12. The molecule has 0 bridgehead atoms. The summed E-state index contributed by atoms with van der Waals surface area (Å²) in [7, 11) is -3.39. The molecule has 0 atom stereocenters. The molecule has 2 aromatic carbocycles. The fourth-order valence-electron chi connectivity index (χ4n) is 1.77. The average molecular weight is 319 g/mol. The van der Waals surface area contributed by atoms with E-state index in [-0.39, 0.29) is 16.0 Å². The third kappa shape index (κ3) is 3.70. The number of rotatable bonds is 4. The number of benzene rings is 2. The maximum Gasteiger partial charge on any atom is 0.335 e. The molecule has 0 radical (unpaired) electrons. The third-order valence-electron chi connectivity index (χ3n) is 2.91. The molecule has 22 heavy (non-hydrogen) atoms. The van der Waals surface area contributed by atoms with Crippen molar-refractivity contribution < 1.29 is 23.1 Å². The minimum atomic E-state index is -3.39. The van der Waals surface area contributed by atoms with Crippen molar-refractivity contribution >= 4 is 27.4 Å². The van der Waals surface area contributed by atoms with Gasteiger partial charge in [0.15, 0.2) is 9.84 Å². The molecule has 6 nitrogen and oxygen atoms in total. The summed E-state index contributed by atoms with van der Waals surface area (Å²) >= 11 is 0. The summed E-state index contributed by atoms with van der Waals surface area (Å²) in [4.78, 5) is 22.9. The Morgan fingerprint density at radius 3 is 2.18 bits per heavy atom. The van der Waals surface area contributed by atoms with Crippen LogP contribution in [0.15, 0.2) is 53.4 Å². The summed E-state index contributed by atoms with van der Waals surface area (Å²) in [6.45, 7) is 0. The molecule has 1 amide bonds. The van der Waals surface area contributed by atoms with Gasteiger partial charge in [-0.25, -0.2) is 13.2 Å². The normalized spacial score (nSPS) is 11.0. The van der Waals surface area contributed by atoms with Gasteiger partial charge in [-0.2, -0.15) is 0 Å². The summed E-state index contributed by atoms with van der Waals surface area (Å²) in [5.41, 5.74) is 0.724. The SMILES string of the molecule is CS(=O)(=O)c1cccc(C(=O)Nc2ccc(C(=O)O)cc2)c1. The first-order valence-corrected chi connectivity index (χ1v) is 8.11. The molecular formula is C15H13NO5S. The zero-order chi connectivity index (χ0) is 16.3. The molecule has 0 fully saturated rings. The number of carboxylic acids is 1. The van der Waals surface area contributed by atoms with Crippen LogP contribution in [0.4, 0.5) is 5.69 Å². The predicted octanol–water partition coefficient (Wildman–Crippen LogP) is 2.04. The summed E-state index contributed by atoms with van der Waals surface area (Å²) in [5, 5.41) is 11.4. The molecule has 0 saturated heterocycles. The molecule has 0 spiro atoms. The van der Waals surface area contributed by atoms with Gasteiger partial charge in [0.25, 0.3) is 5.91 Å². The lowest BCUT2D eigenvalue weighted by molar-refractivity contribution is 0.0696. The van der Waals surface area contributed by atoms with Crippen LogP contribution in [0, 0.1) is 0 Å². The van der Waals surface area contributed by atoms with E-state index in [0.717, 1.165) is 6.26 Å². The molecule has 0 saturated carbocycles. The second kappa shape index (κ2) is 5.98. The first-order chi connectivity index (χ1) is 10.3. The number of carbonyl (C=O) groups is 2. The molecule has 0 aliphatic rings. The topological polar surface area (TPSA) is 101 Å². The van der Waals surface area contributed by atoms with Gasteiger partial charge in [-0.05, 0) is 42.5 Å². The van der Waals surface area contributed by atoms with Crippen molar-refractivity contribution in [3.8, 4) is 0 Å². The van der Waals surface area contributed by atoms with E-state index in [1.807, 2.05) is 0 Å².